The molecule has 8 nitrogen and oxygen atoms in total. The number of nitrogens with zero attached hydrogens (tertiary/aromatic N) is 1. The van der Waals surface area contributed by atoms with E-state index in [2.05, 4.69) is 5.32 Å². The van der Waals surface area contributed by atoms with Crippen molar-refractivity contribution in [2.45, 2.75) is 11.8 Å². The Labute approximate surface area is 193 Å². The van der Waals surface area contributed by atoms with E-state index in [1.165, 1.54) is 22.5 Å². The van der Waals surface area contributed by atoms with Crippen molar-refractivity contribution in [2.24, 2.45) is 5.73 Å². The molecule has 0 aliphatic rings. The van der Waals surface area contributed by atoms with Crippen LogP contribution in [0.25, 0.3) is 0 Å². The molecule has 172 valence electrons. The summed E-state index contributed by atoms with van der Waals surface area (Å²) in [5.74, 6) is -1.15. The molecule has 0 radical (unpaired) electrons. The minimum absolute atomic E-state index is 0.0306. The van der Waals surface area contributed by atoms with E-state index in [4.69, 9.17) is 10.5 Å². The molecule has 0 aliphatic heterocycles. The number of carbonyl (C=O) groups is 2. The van der Waals surface area contributed by atoms with Crippen molar-refractivity contribution in [2.75, 3.05) is 29.3 Å². The summed E-state index contributed by atoms with van der Waals surface area (Å²) in [6.45, 7) is 2.07. The number of amides is 1. The van der Waals surface area contributed by atoms with E-state index < -0.39 is 21.9 Å². The zero-order chi connectivity index (χ0) is 23.8. The summed E-state index contributed by atoms with van der Waals surface area (Å²) in [7, 11) is -4.09. The molecule has 3 N–H and O–H groups in total. The van der Waals surface area contributed by atoms with Gasteiger partial charge in [0, 0.05) is 18.8 Å². The molecule has 9 heteroatoms. The number of hydrogen-bond acceptors (Lipinski definition) is 6. The van der Waals surface area contributed by atoms with E-state index in [-0.39, 0.29) is 35.7 Å². The lowest BCUT2D eigenvalue weighted by atomic mass is 10.1. The maximum absolute atomic E-state index is 13.5. The number of nitrogens with two attached hydrogens (primary N) is 1. The van der Waals surface area contributed by atoms with Gasteiger partial charge >= 0.3 is 5.97 Å². The van der Waals surface area contributed by atoms with Crippen LogP contribution in [0.2, 0.25) is 0 Å². The Kier molecular flexibility index (Phi) is 7.81. The van der Waals surface area contributed by atoms with Gasteiger partial charge in [0.25, 0.3) is 15.9 Å². The van der Waals surface area contributed by atoms with Crippen molar-refractivity contribution in [3.05, 3.63) is 90.0 Å². The number of nitrogens with one attached hydrogen (secondary N) is 1. The highest BCUT2D eigenvalue weighted by Gasteiger charge is 2.29. The Morgan fingerprint density at radius 3 is 2.36 bits per heavy atom. The fourth-order valence-corrected chi connectivity index (χ4v) is 4.91. The fraction of sp³-hybridized carbons (Fsp3) is 0.167. The van der Waals surface area contributed by atoms with Gasteiger partial charge in [0.15, 0.2) is 0 Å². The summed E-state index contributed by atoms with van der Waals surface area (Å²) in [5.41, 5.74) is 6.70. The second kappa shape index (κ2) is 10.8. The van der Waals surface area contributed by atoms with E-state index in [1.807, 2.05) is 0 Å². The Hall–Kier alpha value is -3.69. The molecule has 0 aromatic heterocycles. The molecule has 0 atom stereocenters. The van der Waals surface area contributed by atoms with Crippen molar-refractivity contribution < 1.29 is 22.7 Å². The van der Waals surface area contributed by atoms with E-state index in [1.54, 1.807) is 67.6 Å². The molecule has 0 fully saturated rings. The number of anilines is 2. The highest BCUT2D eigenvalue weighted by Crippen LogP contribution is 2.26. The maximum Gasteiger partial charge on any atom is 0.338 e. The monoisotopic (exact) mass is 467 g/mol. The predicted octanol–water partition coefficient (Wildman–Crippen LogP) is 3.27. The molecule has 33 heavy (non-hydrogen) atoms. The lowest BCUT2D eigenvalue weighted by Gasteiger charge is -2.25. The highest BCUT2D eigenvalue weighted by molar-refractivity contribution is 7.93. The molecule has 0 heterocycles. The smallest absolute Gasteiger partial charge is 0.338 e. The first-order chi connectivity index (χ1) is 15.9. The molecule has 1 amide bonds. The zero-order valence-electron chi connectivity index (χ0n) is 18.1. The Morgan fingerprint density at radius 2 is 1.67 bits per heavy atom. The number of esters is 1. The molecular weight excluding hydrogens is 442 g/mol. The minimum atomic E-state index is -4.09. The SMILES string of the molecule is CCOC(=O)c1cccc(NC(=O)c2ccccc2S(=O)(=O)N(CCN)c2ccccc2)c1. The summed E-state index contributed by atoms with van der Waals surface area (Å²) in [6, 6.07) is 20.7. The van der Waals surface area contributed by atoms with Gasteiger partial charge in [0.05, 0.1) is 23.4 Å². The zero-order valence-corrected chi connectivity index (χ0v) is 18.9. The third kappa shape index (κ3) is 5.57. The second-order valence-electron chi connectivity index (χ2n) is 6.95. The summed E-state index contributed by atoms with van der Waals surface area (Å²) < 4.78 is 33.3. The summed E-state index contributed by atoms with van der Waals surface area (Å²) in [5, 5.41) is 2.66. The first kappa shape index (κ1) is 24.0. The van der Waals surface area contributed by atoms with Crippen LogP contribution in [0.3, 0.4) is 0 Å². The van der Waals surface area contributed by atoms with Crippen molar-refractivity contribution >= 4 is 33.3 Å². The van der Waals surface area contributed by atoms with Crippen LogP contribution in [0.5, 0.6) is 0 Å². The number of ether oxygens (including phenoxy) is 1. The van der Waals surface area contributed by atoms with Gasteiger partial charge in [0.1, 0.15) is 4.90 Å². The second-order valence-corrected chi connectivity index (χ2v) is 8.78. The average molecular weight is 468 g/mol. The van der Waals surface area contributed by atoms with Gasteiger partial charge in [-0.2, -0.15) is 0 Å². The Balaban J connectivity index is 1.95. The number of benzene rings is 3. The van der Waals surface area contributed by atoms with Crippen LogP contribution in [0.15, 0.2) is 83.8 Å². The number of carbonyl (C=O) groups excluding carboxylic acids is 2. The molecule has 0 unspecified atom stereocenters. The van der Waals surface area contributed by atoms with E-state index in [9.17, 15) is 18.0 Å². The van der Waals surface area contributed by atoms with Crippen molar-refractivity contribution in [1.82, 2.24) is 0 Å². The van der Waals surface area contributed by atoms with Crippen LogP contribution in [0.4, 0.5) is 11.4 Å². The van der Waals surface area contributed by atoms with Crippen LogP contribution in [-0.4, -0.2) is 40.0 Å². The fourth-order valence-electron chi connectivity index (χ4n) is 3.23. The molecule has 3 aromatic rings. The average Bonchev–Trinajstić information content (AvgIpc) is 2.83. The Bertz CT molecular complexity index is 1230. The number of para-hydroxylation sites is 1. The van der Waals surface area contributed by atoms with Gasteiger partial charge in [0.2, 0.25) is 0 Å². The molecule has 3 rings (SSSR count). The molecular formula is C24H25N3O5S. The summed E-state index contributed by atoms with van der Waals surface area (Å²) in [4.78, 5) is 24.9. The molecule has 0 aliphatic carbocycles. The number of rotatable bonds is 9. The van der Waals surface area contributed by atoms with Crippen LogP contribution in [0.1, 0.15) is 27.6 Å². The Morgan fingerprint density at radius 1 is 0.970 bits per heavy atom. The number of hydrogen-bond donors (Lipinski definition) is 2. The quantitative estimate of drug-likeness (QED) is 0.466. The van der Waals surface area contributed by atoms with Gasteiger partial charge < -0.3 is 15.8 Å². The third-order valence-corrected chi connectivity index (χ3v) is 6.59. The molecule has 0 spiro atoms. The van der Waals surface area contributed by atoms with Crippen LogP contribution in [-0.2, 0) is 14.8 Å². The standard InChI is InChI=1S/C24H25N3O5S/c1-2-32-24(29)18-9-8-10-19(17-18)26-23(28)21-13-6-7-14-22(21)33(30,31)27(16-15-25)20-11-4-3-5-12-20/h3-14,17H,2,15-16,25H2,1H3,(H,26,28). The maximum atomic E-state index is 13.5. The lowest BCUT2D eigenvalue weighted by molar-refractivity contribution is 0.0526. The van der Waals surface area contributed by atoms with Gasteiger partial charge in [-0.25, -0.2) is 13.2 Å². The van der Waals surface area contributed by atoms with Crippen LogP contribution >= 0.6 is 0 Å². The van der Waals surface area contributed by atoms with Crippen LogP contribution in [0, 0.1) is 0 Å². The van der Waals surface area contributed by atoms with Crippen molar-refractivity contribution in [1.29, 1.82) is 0 Å². The summed E-state index contributed by atoms with van der Waals surface area (Å²) in [6.07, 6.45) is 0. The van der Waals surface area contributed by atoms with Crippen LogP contribution < -0.4 is 15.4 Å². The molecule has 0 saturated heterocycles. The van der Waals surface area contributed by atoms with E-state index in [0.717, 1.165) is 0 Å². The highest BCUT2D eigenvalue weighted by atomic mass is 32.2. The first-order valence-corrected chi connectivity index (χ1v) is 11.8. The third-order valence-electron chi connectivity index (χ3n) is 4.71. The molecule has 0 saturated carbocycles. The van der Waals surface area contributed by atoms with Crippen molar-refractivity contribution in [3.8, 4) is 0 Å². The predicted molar refractivity (Wildman–Crippen MR) is 127 cm³/mol. The first-order valence-electron chi connectivity index (χ1n) is 10.3. The topological polar surface area (TPSA) is 119 Å². The summed E-state index contributed by atoms with van der Waals surface area (Å²) >= 11 is 0. The van der Waals surface area contributed by atoms with Gasteiger partial charge in [-0.3, -0.25) is 9.10 Å². The molecule has 3 aromatic carbocycles. The van der Waals surface area contributed by atoms with Gasteiger partial charge in [-0.1, -0.05) is 36.4 Å². The van der Waals surface area contributed by atoms with E-state index >= 15 is 0 Å². The molecule has 0 bridgehead atoms. The van der Waals surface area contributed by atoms with E-state index in [0.29, 0.717) is 11.4 Å². The minimum Gasteiger partial charge on any atom is -0.462 e. The van der Waals surface area contributed by atoms with Gasteiger partial charge in [-0.05, 0) is 49.4 Å². The van der Waals surface area contributed by atoms with Crippen molar-refractivity contribution in [3.63, 3.8) is 0 Å². The normalized spacial score (nSPS) is 11.0. The number of sulfonamides is 1. The lowest BCUT2D eigenvalue weighted by Crippen LogP contribution is -2.36. The van der Waals surface area contributed by atoms with Gasteiger partial charge in [-0.15, -0.1) is 0 Å². The largest absolute Gasteiger partial charge is 0.462 e.